The monoisotopic (exact) mass is 130 g/mol. The molecule has 0 aromatic heterocycles. The van der Waals surface area contributed by atoms with Gasteiger partial charge < -0.3 is 9.84 Å². The van der Waals surface area contributed by atoms with Crippen molar-refractivity contribution in [2.45, 2.75) is 32.0 Å². The largest absolute Gasteiger partial charge is 0.393 e. The number of hydrogen-bond donors (Lipinski definition) is 1. The summed E-state index contributed by atoms with van der Waals surface area (Å²) < 4.78 is 5.09. The quantitative estimate of drug-likeness (QED) is 0.568. The Morgan fingerprint density at radius 1 is 1.44 bits per heavy atom. The summed E-state index contributed by atoms with van der Waals surface area (Å²) in [6, 6.07) is 0. The van der Waals surface area contributed by atoms with Gasteiger partial charge >= 0.3 is 0 Å². The Kier molecular flexibility index (Phi) is 2.09. The molecule has 1 fully saturated rings. The highest BCUT2D eigenvalue weighted by atomic mass is 16.5. The second-order valence-electron chi connectivity index (χ2n) is 2.87. The van der Waals surface area contributed by atoms with Gasteiger partial charge in [0.1, 0.15) is 0 Å². The lowest BCUT2D eigenvalue weighted by molar-refractivity contribution is 0.0888. The van der Waals surface area contributed by atoms with Gasteiger partial charge in [-0.2, -0.15) is 0 Å². The van der Waals surface area contributed by atoms with Crippen molar-refractivity contribution in [2.24, 2.45) is 5.92 Å². The van der Waals surface area contributed by atoms with Crippen LogP contribution in [0.4, 0.5) is 0 Å². The number of aliphatic hydroxyl groups is 1. The van der Waals surface area contributed by atoms with Gasteiger partial charge in [0.15, 0.2) is 0 Å². The third-order valence-corrected chi connectivity index (χ3v) is 2.13. The molecule has 3 atom stereocenters. The summed E-state index contributed by atoms with van der Waals surface area (Å²) in [6.45, 7) is 2.06. The molecule has 54 valence electrons. The first kappa shape index (κ1) is 7.03. The fraction of sp³-hybridized carbons (Fsp3) is 1.00. The van der Waals surface area contributed by atoms with Crippen LogP contribution in [0.1, 0.15) is 19.8 Å². The molecule has 0 aromatic carbocycles. The summed E-state index contributed by atoms with van der Waals surface area (Å²) in [5.74, 6) is 0.426. The Labute approximate surface area is 55.8 Å². The van der Waals surface area contributed by atoms with Crippen LogP contribution in [-0.2, 0) is 4.74 Å². The lowest BCUT2D eigenvalue weighted by Gasteiger charge is -2.03. The number of rotatable bonds is 1. The van der Waals surface area contributed by atoms with Crippen LogP contribution < -0.4 is 0 Å². The van der Waals surface area contributed by atoms with E-state index in [4.69, 9.17) is 4.74 Å². The number of hydrogen-bond acceptors (Lipinski definition) is 2. The summed E-state index contributed by atoms with van der Waals surface area (Å²) in [7, 11) is 1.70. The summed E-state index contributed by atoms with van der Waals surface area (Å²) in [4.78, 5) is 0. The average Bonchev–Trinajstić information content (AvgIpc) is 2.13. The van der Waals surface area contributed by atoms with Crippen molar-refractivity contribution in [1.82, 2.24) is 0 Å². The first-order valence-corrected chi connectivity index (χ1v) is 3.45. The fourth-order valence-corrected chi connectivity index (χ4v) is 1.36. The molecule has 0 aliphatic heterocycles. The number of aliphatic hydroxyl groups excluding tert-OH is 1. The van der Waals surface area contributed by atoms with E-state index in [1.807, 2.05) is 0 Å². The van der Waals surface area contributed by atoms with Gasteiger partial charge in [-0.15, -0.1) is 0 Å². The summed E-state index contributed by atoms with van der Waals surface area (Å²) in [6.07, 6.45) is 2.00. The first-order chi connectivity index (χ1) is 4.24. The molecule has 0 amide bonds. The van der Waals surface area contributed by atoms with Crippen LogP contribution in [-0.4, -0.2) is 24.4 Å². The molecule has 0 saturated heterocycles. The van der Waals surface area contributed by atoms with E-state index >= 15 is 0 Å². The van der Waals surface area contributed by atoms with Gasteiger partial charge in [-0.05, 0) is 18.8 Å². The zero-order valence-electron chi connectivity index (χ0n) is 6.00. The minimum atomic E-state index is -0.130. The Bertz CT molecular complexity index is 82.9. The van der Waals surface area contributed by atoms with Crippen molar-refractivity contribution < 1.29 is 9.84 Å². The summed E-state index contributed by atoms with van der Waals surface area (Å²) in [5, 5.41) is 9.22. The zero-order chi connectivity index (χ0) is 6.85. The molecule has 0 spiro atoms. The maximum absolute atomic E-state index is 9.22. The summed E-state index contributed by atoms with van der Waals surface area (Å²) in [5.41, 5.74) is 0. The van der Waals surface area contributed by atoms with E-state index in [9.17, 15) is 5.11 Å². The Hall–Kier alpha value is -0.0800. The van der Waals surface area contributed by atoms with E-state index in [1.54, 1.807) is 7.11 Å². The van der Waals surface area contributed by atoms with Crippen molar-refractivity contribution in [3.63, 3.8) is 0 Å². The van der Waals surface area contributed by atoms with E-state index < -0.39 is 0 Å². The van der Waals surface area contributed by atoms with Crippen molar-refractivity contribution in [2.75, 3.05) is 7.11 Å². The highest BCUT2D eigenvalue weighted by Gasteiger charge is 2.29. The lowest BCUT2D eigenvalue weighted by atomic mass is 10.1. The summed E-state index contributed by atoms with van der Waals surface area (Å²) >= 11 is 0. The third-order valence-electron chi connectivity index (χ3n) is 2.13. The van der Waals surface area contributed by atoms with Crippen LogP contribution in [0, 0.1) is 5.92 Å². The maximum atomic E-state index is 9.22. The van der Waals surface area contributed by atoms with Crippen molar-refractivity contribution >= 4 is 0 Å². The minimum Gasteiger partial charge on any atom is -0.393 e. The van der Waals surface area contributed by atoms with Gasteiger partial charge in [0, 0.05) is 7.11 Å². The van der Waals surface area contributed by atoms with Crippen molar-refractivity contribution in [3.05, 3.63) is 0 Å². The molecule has 1 unspecified atom stereocenters. The van der Waals surface area contributed by atoms with Crippen LogP contribution in [0.15, 0.2) is 0 Å². The van der Waals surface area contributed by atoms with E-state index in [-0.39, 0.29) is 6.10 Å². The van der Waals surface area contributed by atoms with E-state index in [2.05, 4.69) is 6.92 Å². The predicted molar refractivity (Wildman–Crippen MR) is 35.2 cm³/mol. The van der Waals surface area contributed by atoms with E-state index in [0.717, 1.165) is 12.8 Å². The molecule has 0 aromatic rings. The van der Waals surface area contributed by atoms with Crippen LogP contribution in [0.5, 0.6) is 0 Å². The Balaban J connectivity index is 2.35. The first-order valence-electron chi connectivity index (χ1n) is 3.45. The minimum absolute atomic E-state index is 0.130. The highest BCUT2D eigenvalue weighted by molar-refractivity contribution is 4.80. The molecule has 2 nitrogen and oxygen atoms in total. The average molecular weight is 130 g/mol. The Morgan fingerprint density at radius 3 is 2.33 bits per heavy atom. The topological polar surface area (TPSA) is 29.5 Å². The maximum Gasteiger partial charge on any atom is 0.0599 e. The lowest BCUT2D eigenvalue weighted by Crippen LogP contribution is -2.09. The second kappa shape index (κ2) is 2.67. The van der Waals surface area contributed by atoms with Crippen molar-refractivity contribution in [3.8, 4) is 0 Å². The molecule has 1 rings (SSSR count). The zero-order valence-corrected chi connectivity index (χ0v) is 6.00. The van der Waals surface area contributed by atoms with Gasteiger partial charge in [-0.25, -0.2) is 0 Å². The van der Waals surface area contributed by atoms with Gasteiger partial charge in [-0.1, -0.05) is 6.92 Å². The SMILES string of the molecule is COC1C[C@H](C)[C@@H](O)C1. The standard InChI is InChI=1S/C7H14O2/c1-5-3-6(9-2)4-7(5)8/h5-8H,3-4H2,1-2H3/t5-,6?,7-/m0/s1. The van der Waals surface area contributed by atoms with Crippen LogP contribution in [0.25, 0.3) is 0 Å². The van der Waals surface area contributed by atoms with Crippen LogP contribution >= 0.6 is 0 Å². The highest BCUT2D eigenvalue weighted by Crippen LogP contribution is 2.26. The molecule has 9 heavy (non-hydrogen) atoms. The molecule has 1 aliphatic rings. The van der Waals surface area contributed by atoms with Crippen LogP contribution in [0.2, 0.25) is 0 Å². The fourth-order valence-electron chi connectivity index (χ4n) is 1.36. The molecular weight excluding hydrogens is 116 g/mol. The molecular formula is C7H14O2. The van der Waals surface area contributed by atoms with E-state index in [1.165, 1.54) is 0 Å². The second-order valence-corrected chi connectivity index (χ2v) is 2.87. The molecule has 1 aliphatic carbocycles. The third kappa shape index (κ3) is 1.43. The van der Waals surface area contributed by atoms with Gasteiger partial charge in [0.2, 0.25) is 0 Å². The molecule has 0 heterocycles. The predicted octanol–water partition coefficient (Wildman–Crippen LogP) is 0.792. The Morgan fingerprint density at radius 2 is 2.11 bits per heavy atom. The van der Waals surface area contributed by atoms with E-state index in [0.29, 0.717) is 12.0 Å². The normalized spacial score (nSPS) is 43.7. The van der Waals surface area contributed by atoms with Crippen molar-refractivity contribution in [1.29, 1.82) is 0 Å². The molecule has 1 N–H and O–H groups in total. The van der Waals surface area contributed by atoms with Gasteiger partial charge in [0.05, 0.1) is 12.2 Å². The molecule has 0 bridgehead atoms. The smallest absolute Gasteiger partial charge is 0.0599 e. The van der Waals surface area contributed by atoms with Gasteiger partial charge in [0.25, 0.3) is 0 Å². The van der Waals surface area contributed by atoms with Gasteiger partial charge in [-0.3, -0.25) is 0 Å². The molecule has 1 saturated carbocycles. The molecule has 0 radical (unpaired) electrons. The number of methoxy groups -OCH3 is 1. The number of ether oxygens (including phenoxy) is 1. The van der Waals surface area contributed by atoms with Crippen LogP contribution in [0.3, 0.4) is 0 Å². The molecule has 2 heteroatoms.